The van der Waals surface area contributed by atoms with Crippen LogP contribution in [0.4, 0.5) is 10.1 Å². The zero-order valence-corrected chi connectivity index (χ0v) is 19.2. The van der Waals surface area contributed by atoms with Crippen molar-refractivity contribution in [2.45, 2.75) is 26.1 Å². The number of hydrazine groups is 1. The molecule has 0 bridgehead atoms. The molecule has 2 unspecified atom stereocenters. The average molecular weight is 498 g/mol. The van der Waals surface area contributed by atoms with Crippen LogP contribution in [0.1, 0.15) is 24.2 Å². The first-order chi connectivity index (χ1) is 16.1. The second-order valence-electron chi connectivity index (χ2n) is 7.05. The van der Waals surface area contributed by atoms with E-state index in [9.17, 15) is 28.7 Å². The molecule has 0 spiro atoms. The van der Waals surface area contributed by atoms with E-state index < -0.39 is 49.2 Å². The lowest BCUT2D eigenvalue weighted by Gasteiger charge is -2.35. The minimum Gasteiger partial charge on any atom is -0.465 e. The molecule has 0 saturated heterocycles. The molecular formula is C21H25ClFN5O6. The highest BCUT2D eigenvalue weighted by atomic mass is 35.5. The highest BCUT2D eigenvalue weighted by Gasteiger charge is 2.31. The Morgan fingerprint density at radius 3 is 2.68 bits per heavy atom. The van der Waals surface area contributed by atoms with Crippen LogP contribution < -0.4 is 16.5 Å². The number of hydrogen-bond acceptors (Lipinski definition) is 8. The maximum atomic E-state index is 12.9. The van der Waals surface area contributed by atoms with E-state index in [-0.39, 0.29) is 22.9 Å². The third kappa shape index (κ3) is 6.68. The van der Waals surface area contributed by atoms with Gasteiger partial charge >= 0.3 is 5.97 Å². The fourth-order valence-corrected chi connectivity index (χ4v) is 3.03. The molecule has 0 fully saturated rings. The van der Waals surface area contributed by atoms with Crippen molar-refractivity contribution in [2.75, 3.05) is 25.6 Å². The van der Waals surface area contributed by atoms with E-state index >= 15 is 0 Å². The molecule has 1 aromatic carbocycles. The Hall–Kier alpha value is -3.64. The number of carbonyl (C=O) groups excluding carboxylic acids is 4. The van der Waals surface area contributed by atoms with Crippen molar-refractivity contribution >= 4 is 41.0 Å². The number of rotatable bonds is 8. The zero-order chi connectivity index (χ0) is 25.4. The van der Waals surface area contributed by atoms with Crippen LogP contribution in [0.2, 0.25) is 5.02 Å². The lowest BCUT2D eigenvalue weighted by atomic mass is 10.1. The van der Waals surface area contributed by atoms with Gasteiger partial charge in [-0.2, -0.15) is 0 Å². The number of esters is 1. The smallest absolute Gasteiger partial charge is 0.327 e. The summed E-state index contributed by atoms with van der Waals surface area (Å²) in [6.45, 7) is 0.841. The number of nitrogens with one attached hydrogen (secondary N) is 2. The van der Waals surface area contributed by atoms with E-state index in [0.29, 0.717) is 10.7 Å². The number of benzene rings is 1. The van der Waals surface area contributed by atoms with Gasteiger partial charge in [0.1, 0.15) is 12.6 Å². The number of hydrogen-bond donors (Lipinski definition) is 4. The lowest BCUT2D eigenvalue weighted by Crippen LogP contribution is -2.56. The van der Waals surface area contributed by atoms with Crippen LogP contribution in [-0.4, -0.2) is 70.8 Å². The van der Waals surface area contributed by atoms with E-state index in [2.05, 4.69) is 10.7 Å². The number of nitrogens with zero attached hydrogens (tertiary/aromatic N) is 2. The van der Waals surface area contributed by atoms with Gasteiger partial charge in [-0.1, -0.05) is 11.6 Å². The molecular weight excluding hydrogens is 473 g/mol. The number of halogens is 2. The summed E-state index contributed by atoms with van der Waals surface area (Å²) in [6, 6.07) is 3.18. The molecule has 1 aliphatic rings. The Balaban J connectivity index is 2.08. The van der Waals surface area contributed by atoms with Crippen LogP contribution in [0, 0.1) is 0 Å². The first kappa shape index (κ1) is 26.6. The molecule has 0 aromatic heterocycles. The summed E-state index contributed by atoms with van der Waals surface area (Å²) in [7, 11) is 0. The number of aliphatic hydroxyl groups excluding tert-OH is 1. The molecule has 184 valence electrons. The number of aliphatic hydroxyl groups is 1. The summed E-state index contributed by atoms with van der Waals surface area (Å²) < 4.78 is 17.6. The number of ether oxygens (including phenoxy) is 1. The normalized spacial score (nSPS) is 15.7. The fourth-order valence-electron chi connectivity index (χ4n) is 2.85. The van der Waals surface area contributed by atoms with E-state index in [1.165, 1.54) is 48.4 Å². The first-order valence-electron chi connectivity index (χ1n) is 10.1. The summed E-state index contributed by atoms with van der Waals surface area (Å²) in [4.78, 5) is 49.8. The number of allylic oxidation sites excluding steroid dienone is 2. The summed E-state index contributed by atoms with van der Waals surface area (Å²) in [5, 5.41) is 13.9. The van der Waals surface area contributed by atoms with Crippen LogP contribution in [0.5, 0.6) is 0 Å². The van der Waals surface area contributed by atoms with Gasteiger partial charge in [0.25, 0.3) is 17.7 Å². The van der Waals surface area contributed by atoms with Gasteiger partial charge in [0.2, 0.25) is 0 Å². The van der Waals surface area contributed by atoms with Crippen LogP contribution in [-0.2, 0) is 19.1 Å². The summed E-state index contributed by atoms with van der Waals surface area (Å²) in [6.07, 6.45) is 2.85. The second-order valence-corrected chi connectivity index (χ2v) is 7.45. The number of alkyl halides is 1. The Bertz CT molecular complexity index is 1020. The minimum absolute atomic E-state index is 0.0367. The van der Waals surface area contributed by atoms with Gasteiger partial charge < -0.3 is 25.8 Å². The maximum absolute atomic E-state index is 12.9. The van der Waals surface area contributed by atoms with E-state index in [1.54, 1.807) is 6.92 Å². The molecule has 2 rings (SSSR count). The maximum Gasteiger partial charge on any atom is 0.327 e. The Kier molecular flexibility index (Phi) is 9.39. The number of nitrogen functional groups attached to an aromatic ring is 1. The molecule has 2 atom stereocenters. The SMILES string of the molecule is CCOC(=O)CN(NC(=O)C(C)N1C=CC=C(NC(=O)c2ccc(N)c(Cl)c2)C1O)C(=O)CF. The zero-order valence-electron chi connectivity index (χ0n) is 18.5. The molecule has 11 nitrogen and oxygen atoms in total. The Morgan fingerprint density at radius 2 is 2.06 bits per heavy atom. The van der Waals surface area contributed by atoms with Gasteiger partial charge in [-0.15, -0.1) is 0 Å². The van der Waals surface area contributed by atoms with Crippen molar-refractivity contribution in [1.82, 2.24) is 20.7 Å². The van der Waals surface area contributed by atoms with Crippen LogP contribution in [0.15, 0.2) is 42.2 Å². The molecule has 1 aromatic rings. The monoisotopic (exact) mass is 497 g/mol. The lowest BCUT2D eigenvalue weighted by molar-refractivity contribution is -0.154. The van der Waals surface area contributed by atoms with Crippen LogP contribution >= 0.6 is 11.6 Å². The Morgan fingerprint density at radius 1 is 1.35 bits per heavy atom. The van der Waals surface area contributed by atoms with Gasteiger partial charge in [0.15, 0.2) is 12.9 Å². The predicted octanol–water partition coefficient (Wildman–Crippen LogP) is 0.465. The number of nitrogens with two attached hydrogens (primary N) is 1. The third-order valence-corrected chi connectivity index (χ3v) is 5.02. The van der Waals surface area contributed by atoms with Crippen molar-refractivity contribution in [2.24, 2.45) is 0 Å². The Labute approximate surface area is 199 Å². The van der Waals surface area contributed by atoms with Gasteiger partial charge in [-0.05, 0) is 44.2 Å². The molecule has 13 heteroatoms. The molecule has 1 heterocycles. The van der Waals surface area contributed by atoms with Crippen LogP contribution in [0.3, 0.4) is 0 Å². The van der Waals surface area contributed by atoms with E-state index in [0.717, 1.165) is 0 Å². The average Bonchev–Trinajstić information content (AvgIpc) is 2.80. The van der Waals surface area contributed by atoms with Crippen molar-refractivity contribution in [1.29, 1.82) is 0 Å². The molecule has 1 aliphatic heterocycles. The summed E-state index contributed by atoms with van der Waals surface area (Å²) in [5.41, 5.74) is 8.34. The van der Waals surface area contributed by atoms with Gasteiger partial charge in [0.05, 0.1) is 23.0 Å². The standard InChI is InChI=1S/C21H25ClFN5O6/c1-3-34-18(30)11-28(17(29)10-23)26-19(31)12(2)27-8-4-5-16(21(27)33)25-20(32)13-6-7-15(24)14(22)9-13/h4-9,12,21,33H,3,10-11,24H2,1-2H3,(H,25,32)(H,26,31). The molecule has 0 saturated carbocycles. The van der Waals surface area contributed by atoms with Crippen molar-refractivity contribution in [3.8, 4) is 0 Å². The molecule has 34 heavy (non-hydrogen) atoms. The summed E-state index contributed by atoms with van der Waals surface area (Å²) >= 11 is 5.94. The second kappa shape index (κ2) is 12.0. The highest BCUT2D eigenvalue weighted by molar-refractivity contribution is 6.33. The number of carbonyl (C=O) groups is 4. The fraction of sp³-hybridized carbons (Fsp3) is 0.333. The quantitative estimate of drug-likeness (QED) is 0.229. The van der Waals surface area contributed by atoms with Crippen molar-refractivity contribution in [3.05, 3.63) is 52.8 Å². The molecule has 3 amide bonds. The molecule has 5 N–H and O–H groups in total. The van der Waals surface area contributed by atoms with Crippen LogP contribution in [0.25, 0.3) is 0 Å². The van der Waals surface area contributed by atoms with E-state index in [1.807, 2.05) is 0 Å². The molecule has 0 aliphatic carbocycles. The first-order valence-corrected chi connectivity index (χ1v) is 10.5. The predicted molar refractivity (Wildman–Crippen MR) is 120 cm³/mol. The summed E-state index contributed by atoms with van der Waals surface area (Å²) in [5.74, 6) is -3.40. The van der Waals surface area contributed by atoms with Gasteiger partial charge in [-0.25, -0.2) is 9.40 Å². The van der Waals surface area contributed by atoms with Gasteiger partial charge in [0, 0.05) is 11.8 Å². The minimum atomic E-state index is -1.45. The van der Waals surface area contributed by atoms with Crippen molar-refractivity contribution < 1.29 is 33.4 Å². The number of amides is 3. The number of anilines is 1. The van der Waals surface area contributed by atoms with Gasteiger partial charge in [-0.3, -0.25) is 24.6 Å². The topological polar surface area (TPSA) is 154 Å². The van der Waals surface area contributed by atoms with Crippen molar-refractivity contribution in [3.63, 3.8) is 0 Å². The van der Waals surface area contributed by atoms with E-state index in [4.69, 9.17) is 22.1 Å². The largest absolute Gasteiger partial charge is 0.465 e. The molecule has 0 radical (unpaired) electrons. The third-order valence-electron chi connectivity index (χ3n) is 4.69. The highest BCUT2D eigenvalue weighted by Crippen LogP contribution is 2.21.